The van der Waals surface area contributed by atoms with Gasteiger partial charge in [-0.1, -0.05) is 0 Å². The molecule has 0 radical (unpaired) electrons. The Hall–Kier alpha value is -2.88. The van der Waals surface area contributed by atoms with Gasteiger partial charge in [-0.15, -0.1) is 0 Å². The van der Waals surface area contributed by atoms with Gasteiger partial charge in [-0.2, -0.15) is 10.2 Å². The summed E-state index contributed by atoms with van der Waals surface area (Å²) < 4.78 is 5.14. The van der Waals surface area contributed by atoms with Crippen LogP contribution < -0.4 is 15.0 Å². The molecule has 0 unspecified atom stereocenters. The summed E-state index contributed by atoms with van der Waals surface area (Å²) in [7, 11) is 1.60. The van der Waals surface area contributed by atoms with Gasteiger partial charge in [0.2, 0.25) is 11.8 Å². The number of nitrogens with zero attached hydrogens (tertiary/aromatic N) is 5. The van der Waals surface area contributed by atoms with E-state index in [0.29, 0.717) is 29.1 Å². The summed E-state index contributed by atoms with van der Waals surface area (Å²) in [5, 5.41) is 12.4. The summed E-state index contributed by atoms with van der Waals surface area (Å²) in [4.78, 5) is 15.1. The van der Waals surface area contributed by atoms with Crippen LogP contribution in [0.4, 0.5) is 11.8 Å². The van der Waals surface area contributed by atoms with Gasteiger partial charge in [0.05, 0.1) is 12.7 Å². The minimum absolute atomic E-state index is 0.457. The Morgan fingerprint density at radius 2 is 2.30 bits per heavy atom. The number of methoxy groups -OCH3 is 1. The second-order valence-corrected chi connectivity index (χ2v) is 5.39. The summed E-state index contributed by atoms with van der Waals surface area (Å²) >= 11 is 0. The molecule has 0 saturated carbocycles. The Morgan fingerprint density at radius 3 is 3.13 bits per heavy atom. The molecule has 1 saturated heterocycles. The molecule has 118 valence electrons. The Morgan fingerprint density at radius 1 is 1.39 bits per heavy atom. The summed E-state index contributed by atoms with van der Waals surface area (Å²) in [5.41, 5.74) is 0.568. The van der Waals surface area contributed by atoms with E-state index in [4.69, 9.17) is 10.00 Å². The molecule has 1 aliphatic rings. The van der Waals surface area contributed by atoms with Crippen molar-refractivity contribution in [3.05, 3.63) is 36.2 Å². The van der Waals surface area contributed by atoms with Crippen LogP contribution >= 0.6 is 0 Å². The van der Waals surface area contributed by atoms with Crippen LogP contribution in [0, 0.1) is 17.2 Å². The molecule has 1 atom stereocenters. The molecule has 2 aromatic heterocycles. The molecule has 23 heavy (non-hydrogen) atoms. The van der Waals surface area contributed by atoms with E-state index in [1.54, 1.807) is 37.7 Å². The van der Waals surface area contributed by atoms with Crippen LogP contribution in [-0.4, -0.2) is 41.7 Å². The molecule has 7 nitrogen and oxygen atoms in total. The molecule has 0 amide bonds. The van der Waals surface area contributed by atoms with Gasteiger partial charge in [0.1, 0.15) is 11.9 Å². The van der Waals surface area contributed by atoms with E-state index in [0.717, 1.165) is 26.1 Å². The molecule has 2 aromatic rings. The largest absolute Gasteiger partial charge is 0.481 e. The maximum Gasteiger partial charge on any atom is 0.228 e. The van der Waals surface area contributed by atoms with Gasteiger partial charge >= 0.3 is 0 Å². The van der Waals surface area contributed by atoms with Crippen molar-refractivity contribution in [2.75, 3.05) is 37.0 Å². The zero-order chi connectivity index (χ0) is 16.1. The number of rotatable bonds is 5. The van der Waals surface area contributed by atoms with Crippen molar-refractivity contribution in [2.45, 2.75) is 6.42 Å². The quantitative estimate of drug-likeness (QED) is 0.899. The number of pyridine rings is 1. The molecule has 3 rings (SSSR count). The first kappa shape index (κ1) is 15.0. The van der Waals surface area contributed by atoms with Gasteiger partial charge in [-0.25, -0.2) is 9.97 Å². The third-order valence-corrected chi connectivity index (χ3v) is 3.88. The number of anilines is 2. The second-order valence-electron chi connectivity index (χ2n) is 5.39. The van der Waals surface area contributed by atoms with Crippen molar-refractivity contribution in [3.63, 3.8) is 0 Å². The van der Waals surface area contributed by atoms with Crippen LogP contribution in [0.25, 0.3) is 0 Å². The molecule has 3 heterocycles. The Labute approximate surface area is 135 Å². The minimum atomic E-state index is 0.457. The average molecular weight is 310 g/mol. The minimum Gasteiger partial charge on any atom is -0.481 e. The third-order valence-electron chi connectivity index (χ3n) is 3.88. The van der Waals surface area contributed by atoms with Crippen LogP contribution in [0.1, 0.15) is 12.0 Å². The summed E-state index contributed by atoms with van der Waals surface area (Å²) in [6.45, 7) is 2.55. The van der Waals surface area contributed by atoms with E-state index in [2.05, 4.69) is 31.2 Å². The zero-order valence-electron chi connectivity index (χ0n) is 12.9. The van der Waals surface area contributed by atoms with Crippen molar-refractivity contribution in [1.82, 2.24) is 15.0 Å². The molecule has 1 aliphatic heterocycles. The van der Waals surface area contributed by atoms with Gasteiger partial charge in [0.15, 0.2) is 0 Å². The predicted octanol–water partition coefficient (Wildman–Crippen LogP) is 1.69. The standard InChI is InChI=1S/C16H18N6O/c1-23-14-4-7-19-16(21-14)22-8-5-12(11-22)10-20-15-13(9-17)3-2-6-18-15/h2-4,6-7,12H,5,8,10-11H2,1H3,(H,18,20)/t12-/m1/s1. The number of nitrogens with one attached hydrogen (secondary N) is 1. The maximum absolute atomic E-state index is 9.08. The molecule has 0 aromatic carbocycles. The fraction of sp³-hybridized carbons (Fsp3) is 0.375. The van der Waals surface area contributed by atoms with E-state index in [1.165, 1.54) is 0 Å². The normalized spacial score (nSPS) is 16.9. The molecule has 1 fully saturated rings. The molecular weight excluding hydrogens is 292 g/mol. The second kappa shape index (κ2) is 6.92. The number of ether oxygens (including phenoxy) is 1. The Kier molecular flexibility index (Phi) is 4.52. The lowest BCUT2D eigenvalue weighted by Gasteiger charge is -2.17. The molecule has 1 N–H and O–H groups in total. The fourth-order valence-electron chi connectivity index (χ4n) is 2.66. The highest BCUT2D eigenvalue weighted by molar-refractivity contribution is 5.51. The highest BCUT2D eigenvalue weighted by atomic mass is 16.5. The van der Waals surface area contributed by atoms with Gasteiger partial charge in [-0.3, -0.25) is 0 Å². The highest BCUT2D eigenvalue weighted by Crippen LogP contribution is 2.22. The highest BCUT2D eigenvalue weighted by Gasteiger charge is 2.24. The maximum atomic E-state index is 9.08. The first-order valence-electron chi connectivity index (χ1n) is 7.51. The molecular formula is C16H18N6O. The molecule has 0 aliphatic carbocycles. The van der Waals surface area contributed by atoms with Gasteiger partial charge in [0, 0.05) is 38.1 Å². The van der Waals surface area contributed by atoms with Gasteiger partial charge < -0.3 is 15.0 Å². The van der Waals surface area contributed by atoms with E-state index >= 15 is 0 Å². The van der Waals surface area contributed by atoms with Crippen molar-refractivity contribution >= 4 is 11.8 Å². The average Bonchev–Trinajstić information content (AvgIpc) is 3.09. The monoisotopic (exact) mass is 310 g/mol. The Balaban J connectivity index is 1.59. The van der Waals surface area contributed by atoms with Crippen LogP contribution in [-0.2, 0) is 0 Å². The lowest BCUT2D eigenvalue weighted by atomic mass is 10.1. The van der Waals surface area contributed by atoms with E-state index in [1.807, 2.05) is 0 Å². The lowest BCUT2D eigenvalue weighted by Crippen LogP contribution is -2.24. The van der Waals surface area contributed by atoms with Crippen molar-refractivity contribution in [1.29, 1.82) is 5.26 Å². The van der Waals surface area contributed by atoms with Gasteiger partial charge in [0.25, 0.3) is 0 Å². The fourth-order valence-corrected chi connectivity index (χ4v) is 2.66. The van der Waals surface area contributed by atoms with Crippen LogP contribution in [0.3, 0.4) is 0 Å². The van der Waals surface area contributed by atoms with E-state index in [9.17, 15) is 0 Å². The summed E-state index contributed by atoms with van der Waals surface area (Å²) in [5.74, 6) is 2.37. The van der Waals surface area contributed by atoms with Crippen molar-refractivity contribution in [3.8, 4) is 11.9 Å². The Bertz CT molecular complexity index is 714. The number of hydrogen-bond acceptors (Lipinski definition) is 7. The van der Waals surface area contributed by atoms with Crippen molar-refractivity contribution in [2.24, 2.45) is 5.92 Å². The first-order chi connectivity index (χ1) is 11.3. The topological polar surface area (TPSA) is 87.0 Å². The number of aromatic nitrogens is 3. The third kappa shape index (κ3) is 3.48. The number of nitriles is 1. The van der Waals surface area contributed by atoms with Crippen LogP contribution in [0.2, 0.25) is 0 Å². The molecule has 0 bridgehead atoms. The van der Waals surface area contributed by atoms with Crippen LogP contribution in [0.15, 0.2) is 30.6 Å². The van der Waals surface area contributed by atoms with E-state index < -0.39 is 0 Å². The van der Waals surface area contributed by atoms with Crippen molar-refractivity contribution < 1.29 is 4.74 Å². The van der Waals surface area contributed by atoms with E-state index in [-0.39, 0.29) is 0 Å². The first-order valence-corrected chi connectivity index (χ1v) is 7.51. The molecule has 0 spiro atoms. The SMILES string of the molecule is COc1ccnc(N2CC[C@H](CNc3ncccc3C#N)C2)n1. The smallest absolute Gasteiger partial charge is 0.228 e. The number of hydrogen-bond donors (Lipinski definition) is 1. The van der Waals surface area contributed by atoms with Crippen LogP contribution in [0.5, 0.6) is 5.88 Å². The molecule has 7 heteroatoms. The summed E-state index contributed by atoms with van der Waals surface area (Å²) in [6.07, 6.45) is 4.44. The lowest BCUT2D eigenvalue weighted by molar-refractivity contribution is 0.397. The summed E-state index contributed by atoms with van der Waals surface area (Å²) in [6, 6.07) is 7.42. The zero-order valence-corrected chi connectivity index (χ0v) is 12.9. The predicted molar refractivity (Wildman–Crippen MR) is 86.3 cm³/mol. The van der Waals surface area contributed by atoms with Gasteiger partial charge in [-0.05, 0) is 24.5 Å².